The van der Waals surface area contributed by atoms with E-state index in [1.54, 1.807) is 48.5 Å². The molecule has 0 spiro atoms. The lowest BCUT2D eigenvalue weighted by molar-refractivity contribution is -0.114. The molecule has 0 saturated carbocycles. The maximum Gasteiger partial charge on any atom is 0.279 e. The van der Waals surface area contributed by atoms with Gasteiger partial charge in [0.15, 0.2) is 0 Å². The molecule has 0 radical (unpaired) electrons. The van der Waals surface area contributed by atoms with Gasteiger partial charge in [0.05, 0.1) is 11.7 Å². The third-order valence-corrected chi connectivity index (χ3v) is 5.28. The molecule has 1 atom stereocenters. The number of carbonyl (C=O) groups excluding carboxylic acids is 2. The Labute approximate surface area is 195 Å². The van der Waals surface area contributed by atoms with Crippen LogP contribution >= 0.6 is 0 Å². The molecule has 170 valence electrons. The largest absolute Gasteiger partial charge is 0.326 e. The molecule has 1 N–H and O–H groups in total. The first-order valence-electron chi connectivity index (χ1n) is 10.7. The summed E-state index contributed by atoms with van der Waals surface area (Å²) in [6, 6.07) is 20.7. The molecular weight excluding hydrogens is 432 g/mol. The summed E-state index contributed by atoms with van der Waals surface area (Å²) in [5, 5.41) is 16.4. The van der Waals surface area contributed by atoms with Gasteiger partial charge in [0, 0.05) is 23.1 Å². The van der Waals surface area contributed by atoms with E-state index < -0.39 is 6.04 Å². The first-order valence-corrected chi connectivity index (χ1v) is 10.7. The first-order chi connectivity index (χ1) is 16.5. The van der Waals surface area contributed by atoms with Gasteiger partial charge >= 0.3 is 0 Å². The predicted molar refractivity (Wildman–Crippen MR) is 129 cm³/mol. The van der Waals surface area contributed by atoms with E-state index in [4.69, 9.17) is 5.53 Å². The van der Waals surface area contributed by atoms with Crippen molar-refractivity contribution in [2.24, 2.45) is 5.11 Å². The number of carbonyl (C=O) groups is 2. The van der Waals surface area contributed by atoms with Gasteiger partial charge in [-0.2, -0.15) is 5.01 Å². The van der Waals surface area contributed by atoms with Crippen molar-refractivity contribution in [1.29, 1.82) is 0 Å². The Morgan fingerprint density at radius 1 is 1.09 bits per heavy atom. The summed E-state index contributed by atoms with van der Waals surface area (Å²) in [7, 11) is 0. The normalized spacial score (nSPS) is 11.5. The minimum Gasteiger partial charge on any atom is -0.326 e. The van der Waals surface area contributed by atoms with Crippen LogP contribution in [0, 0.1) is 0 Å². The third-order valence-electron chi connectivity index (χ3n) is 5.28. The van der Waals surface area contributed by atoms with Gasteiger partial charge in [-0.1, -0.05) is 42.4 Å². The lowest BCUT2D eigenvalue weighted by Gasteiger charge is -2.25. The highest BCUT2D eigenvalue weighted by molar-refractivity contribution is 6.07. The molecule has 0 bridgehead atoms. The Morgan fingerprint density at radius 3 is 2.50 bits per heavy atom. The van der Waals surface area contributed by atoms with Crippen LogP contribution in [-0.2, 0) is 4.79 Å². The van der Waals surface area contributed by atoms with E-state index in [-0.39, 0.29) is 11.8 Å². The SMILES string of the molecule is CCC(N=[N+]=[N-])c1ccccc1C(=O)N(c1ccc(NC(C)=O)cc1)n1nnc2ccccc21. The van der Waals surface area contributed by atoms with Gasteiger partial charge in [-0.15, -0.1) is 9.89 Å². The predicted octanol–water partition coefficient (Wildman–Crippen LogP) is 5.26. The molecule has 2 amide bonds. The maximum atomic E-state index is 14.0. The second-order valence-electron chi connectivity index (χ2n) is 7.53. The van der Waals surface area contributed by atoms with Gasteiger partial charge in [0.1, 0.15) is 11.0 Å². The molecule has 1 unspecified atom stereocenters. The van der Waals surface area contributed by atoms with Crippen molar-refractivity contribution in [3.05, 3.63) is 94.4 Å². The third kappa shape index (κ3) is 4.43. The number of nitrogens with zero attached hydrogens (tertiary/aromatic N) is 7. The molecule has 4 rings (SSSR count). The van der Waals surface area contributed by atoms with Crippen LogP contribution in [0.3, 0.4) is 0 Å². The van der Waals surface area contributed by atoms with E-state index >= 15 is 0 Å². The fraction of sp³-hybridized carbons (Fsp3) is 0.167. The summed E-state index contributed by atoms with van der Waals surface area (Å²) in [4.78, 5) is 29.8. The number of anilines is 2. The highest BCUT2D eigenvalue weighted by atomic mass is 16.2. The van der Waals surface area contributed by atoms with E-state index in [0.717, 1.165) is 0 Å². The Morgan fingerprint density at radius 2 is 1.79 bits per heavy atom. The maximum absolute atomic E-state index is 14.0. The van der Waals surface area contributed by atoms with Crippen LogP contribution in [0.25, 0.3) is 21.5 Å². The topological polar surface area (TPSA) is 129 Å². The minimum atomic E-state index is -0.498. The van der Waals surface area contributed by atoms with Crippen molar-refractivity contribution in [2.45, 2.75) is 26.3 Å². The van der Waals surface area contributed by atoms with Gasteiger partial charge in [-0.3, -0.25) is 9.59 Å². The first kappa shape index (κ1) is 22.5. The van der Waals surface area contributed by atoms with Crippen LogP contribution in [0.2, 0.25) is 0 Å². The van der Waals surface area contributed by atoms with Gasteiger partial charge in [-0.25, -0.2) is 0 Å². The molecule has 4 aromatic rings. The molecule has 0 aliphatic carbocycles. The lowest BCUT2D eigenvalue weighted by Crippen LogP contribution is -2.37. The number of benzene rings is 3. The Balaban J connectivity index is 1.87. The van der Waals surface area contributed by atoms with Gasteiger partial charge in [0.25, 0.3) is 5.91 Å². The molecule has 0 aliphatic rings. The highest BCUT2D eigenvalue weighted by Gasteiger charge is 2.26. The zero-order valence-electron chi connectivity index (χ0n) is 18.7. The molecular formula is C24H22N8O2. The molecule has 1 heterocycles. The smallest absolute Gasteiger partial charge is 0.279 e. The zero-order valence-corrected chi connectivity index (χ0v) is 18.7. The standard InChI is InChI=1S/C24H22N8O2/c1-3-21(27-29-25)19-8-4-5-9-20(19)24(34)31(18-14-12-17(13-15-18)26-16(2)33)32-23-11-7-6-10-22(23)28-30-32/h4-15,21H,3H2,1-2H3,(H,26,33). The zero-order chi connectivity index (χ0) is 24.1. The number of rotatable bonds is 7. The average molecular weight is 454 g/mol. The van der Waals surface area contributed by atoms with Gasteiger partial charge < -0.3 is 5.32 Å². The molecule has 3 aromatic carbocycles. The fourth-order valence-electron chi connectivity index (χ4n) is 3.73. The van der Waals surface area contributed by atoms with Crippen molar-refractivity contribution in [1.82, 2.24) is 15.1 Å². The Kier molecular flexibility index (Phi) is 6.52. The average Bonchev–Trinajstić information content (AvgIpc) is 3.27. The van der Waals surface area contributed by atoms with E-state index in [2.05, 4.69) is 25.7 Å². The Hall–Kier alpha value is -4.69. The summed E-state index contributed by atoms with van der Waals surface area (Å²) < 4.78 is 0. The summed E-state index contributed by atoms with van der Waals surface area (Å²) in [6.45, 7) is 3.32. The lowest BCUT2D eigenvalue weighted by atomic mass is 9.98. The quantitative estimate of drug-likeness (QED) is 0.232. The molecule has 0 saturated heterocycles. The molecule has 1 aromatic heterocycles. The van der Waals surface area contributed by atoms with Gasteiger partial charge in [0.2, 0.25) is 5.91 Å². The van der Waals surface area contributed by atoms with E-state index in [1.165, 1.54) is 16.7 Å². The number of hydrogen-bond donors (Lipinski definition) is 1. The van der Waals surface area contributed by atoms with Crippen molar-refractivity contribution in [3.63, 3.8) is 0 Å². The highest BCUT2D eigenvalue weighted by Crippen LogP contribution is 2.29. The van der Waals surface area contributed by atoms with E-state index in [0.29, 0.717) is 40.0 Å². The number of hydrogen-bond acceptors (Lipinski definition) is 5. The Bertz CT molecular complexity index is 1390. The number of aromatic nitrogens is 3. The number of fused-ring (bicyclic) bond motifs is 1. The van der Waals surface area contributed by atoms with Gasteiger partial charge in [-0.05, 0) is 65.2 Å². The van der Waals surface area contributed by atoms with Crippen LogP contribution in [0.1, 0.15) is 42.2 Å². The van der Waals surface area contributed by atoms with Crippen LogP contribution in [0.4, 0.5) is 11.4 Å². The molecule has 34 heavy (non-hydrogen) atoms. The van der Waals surface area contributed by atoms with Crippen molar-refractivity contribution < 1.29 is 9.59 Å². The summed E-state index contributed by atoms with van der Waals surface area (Å²) >= 11 is 0. The molecule has 0 aliphatic heterocycles. The number of amides is 2. The minimum absolute atomic E-state index is 0.194. The van der Waals surface area contributed by atoms with Crippen LogP contribution in [0.15, 0.2) is 77.9 Å². The van der Waals surface area contributed by atoms with Crippen LogP contribution in [-0.4, -0.2) is 26.9 Å². The van der Waals surface area contributed by atoms with Crippen LogP contribution < -0.4 is 10.3 Å². The number of azide groups is 1. The van der Waals surface area contributed by atoms with Crippen molar-refractivity contribution in [2.75, 3.05) is 10.3 Å². The summed E-state index contributed by atoms with van der Waals surface area (Å²) in [5.74, 6) is -0.564. The van der Waals surface area contributed by atoms with E-state index in [1.807, 2.05) is 31.2 Å². The van der Waals surface area contributed by atoms with Crippen molar-refractivity contribution >= 4 is 34.2 Å². The summed E-state index contributed by atoms with van der Waals surface area (Å²) in [5.41, 5.74) is 12.4. The number of nitrogens with one attached hydrogen (secondary N) is 1. The molecule has 10 heteroatoms. The van der Waals surface area contributed by atoms with Crippen molar-refractivity contribution in [3.8, 4) is 0 Å². The molecule has 10 nitrogen and oxygen atoms in total. The number of para-hydroxylation sites is 1. The second kappa shape index (κ2) is 9.85. The van der Waals surface area contributed by atoms with E-state index in [9.17, 15) is 9.59 Å². The monoisotopic (exact) mass is 454 g/mol. The fourth-order valence-corrected chi connectivity index (χ4v) is 3.73. The van der Waals surface area contributed by atoms with Crippen LogP contribution in [0.5, 0.6) is 0 Å². The molecule has 0 fully saturated rings. The summed E-state index contributed by atoms with van der Waals surface area (Å²) in [6.07, 6.45) is 0.534. The second-order valence-corrected chi connectivity index (χ2v) is 7.53.